The van der Waals surface area contributed by atoms with E-state index < -0.39 is 0 Å². The summed E-state index contributed by atoms with van der Waals surface area (Å²) in [4.78, 5) is 17.9. The Hall–Kier alpha value is -3.12. The molecule has 6 nitrogen and oxygen atoms in total. The maximum atomic E-state index is 6.04. The lowest BCUT2D eigenvalue weighted by atomic mass is 10.1. The van der Waals surface area contributed by atoms with Gasteiger partial charge in [-0.25, -0.2) is 9.97 Å². The van der Waals surface area contributed by atoms with Crippen molar-refractivity contribution < 1.29 is 4.42 Å². The molecule has 28 heavy (non-hydrogen) atoms. The third kappa shape index (κ3) is 3.27. The Balaban J connectivity index is 1.31. The fourth-order valence-electron chi connectivity index (χ4n) is 3.44. The van der Waals surface area contributed by atoms with Crippen LogP contribution in [0.25, 0.3) is 22.4 Å². The van der Waals surface area contributed by atoms with Crippen molar-refractivity contribution in [2.24, 2.45) is 0 Å². The Bertz CT molecular complexity index is 1110. The lowest BCUT2D eigenvalue weighted by Crippen LogP contribution is -2.47. The maximum Gasteiger partial charge on any atom is 0.298 e. The van der Waals surface area contributed by atoms with E-state index in [1.165, 1.54) is 0 Å². The number of rotatable bonds is 3. The summed E-state index contributed by atoms with van der Waals surface area (Å²) in [7, 11) is 0. The van der Waals surface area contributed by atoms with Gasteiger partial charge < -0.3 is 14.2 Å². The highest BCUT2D eigenvalue weighted by molar-refractivity contribution is 6.31. The van der Waals surface area contributed by atoms with E-state index in [2.05, 4.69) is 36.9 Å². The number of hydrogen-bond acceptors (Lipinski definition) is 6. The van der Waals surface area contributed by atoms with Gasteiger partial charge in [-0.05, 0) is 18.2 Å². The molecule has 2 aromatic carbocycles. The summed E-state index contributed by atoms with van der Waals surface area (Å²) >= 11 is 6.04. The van der Waals surface area contributed by atoms with Crippen molar-refractivity contribution in [2.75, 3.05) is 36.0 Å². The van der Waals surface area contributed by atoms with Crippen LogP contribution in [0, 0.1) is 0 Å². The van der Waals surface area contributed by atoms with Crippen molar-refractivity contribution in [3.63, 3.8) is 0 Å². The van der Waals surface area contributed by atoms with Crippen molar-refractivity contribution in [1.82, 2.24) is 15.0 Å². The molecule has 1 aliphatic heterocycles. The van der Waals surface area contributed by atoms with Gasteiger partial charge in [-0.15, -0.1) is 0 Å². The van der Waals surface area contributed by atoms with E-state index in [9.17, 15) is 0 Å². The molecular formula is C21H18ClN5O. The van der Waals surface area contributed by atoms with Crippen LogP contribution in [-0.4, -0.2) is 41.1 Å². The molecule has 0 radical (unpaired) electrons. The molecule has 0 aliphatic carbocycles. The summed E-state index contributed by atoms with van der Waals surface area (Å²) < 4.78 is 5.89. The van der Waals surface area contributed by atoms with Crippen molar-refractivity contribution >= 4 is 34.5 Å². The highest BCUT2D eigenvalue weighted by Gasteiger charge is 2.22. The number of benzene rings is 2. The highest BCUT2D eigenvalue weighted by Crippen LogP contribution is 2.26. The number of piperazine rings is 1. The molecular weight excluding hydrogens is 374 g/mol. The Morgan fingerprint density at radius 3 is 2.46 bits per heavy atom. The average Bonchev–Trinajstić information content (AvgIpc) is 3.18. The standard InChI is InChI=1S/C21H18ClN5O/c22-16-6-7-19-18(12-16)25-21(28-19)27-10-8-26(9-11-27)20-13-17(23-14-24-20)15-4-2-1-3-5-15/h1-7,12-14H,8-11H2. The predicted octanol–water partition coefficient (Wildman–Crippen LogP) is 4.26. The molecule has 140 valence electrons. The molecule has 1 fully saturated rings. The van der Waals surface area contributed by atoms with Gasteiger partial charge in [-0.2, -0.15) is 4.98 Å². The molecule has 0 bridgehead atoms. The van der Waals surface area contributed by atoms with Gasteiger partial charge in [0.1, 0.15) is 17.7 Å². The number of fused-ring (bicyclic) bond motifs is 1. The predicted molar refractivity (Wildman–Crippen MR) is 111 cm³/mol. The topological polar surface area (TPSA) is 58.3 Å². The Labute approximate surface area is 167 Å². The summed E-state index contributed by atoms with van der Waals surface area (Å²) in [5.74, 6) is 0.942. The number of hydrogen-bond donors (Lipinski definition) is 0. The summed E-state index contributed by atoms with van der Waals surface area (Å²) in [5, 5.41) is 0.662. The van der Waals surface area contributed by atoms with Crippen molar-refractivity contribution in [1.29, 1.82) is 0 Å². The van der Waals surface area contributed by atoms with Crippen LogP contribution in [0.2, 0.25) is 5.02 Å². The lowest BCUT2D eigenvalue weighted by molar-refractivity contribution is 0.540. The number of halogens is 1. The number of oxazole rings is 1. The first kappa shape index (κ1) is 17.0. The zero-order chi connectivity index (χ0) is 18.9. The molecule has 2 aromatic heterocycles. The molecule has 7 heteroatoms. The normalized spacial score (nSPS) is 14.6. The fourth-order valence-corrected chi connectivity index (χ4v) is 3.60. The summed E-state index contributed by atoms with van der Waals surface area (Å²) in [6, 6.07) is 18.3. The number of anilines is 2. The van der Waals surface area contributed by atoms with Crippen LogP contribution >= 0.6 is 11.6 Å². The van der Waals surface area contributed by atoms with Gasteiger partial charge in [0.2, 0.25) is 0 Å². The lowest BCUT2D eigenvalue weighted by Gasteiger charge is -2.34. The highest BCUT2D eigenvalue weighted by atomic mass is 35.5. The average molecular weight is 392 g/mol. The SMILES string of the molecule is Clc1ccc2oc(N3CCN(c4cc(-c5ccccc5)ncn4)CC3)nc2c1. The molecule has 0 amide bonds. The zero-order valence-electron chi connectivity index (χ0n) is 15.1. The number of nitrogens with zero attached hydrogens (tertiary/aromatic N) is 5. The molecule has 0 unspecified atom stereocenters. The van der Waals surface area contributed by atoms with Crippen LogP contribution in [0.1, 0.15) is 0 Å². The van der Waals surface area contributed by atoms with Crippen molar-refractivity contribution in [3.8, 4) is 11.3 Å². The van der Waals surface area contributed by atoms with Crippen molar-refractivity contribution in [3.05, 3.63) is 65.9 Å². The van der Waals surface area contributed by atoms with E-state index in [1.807, 2.05) is 42.5 Å². The monoisotopic (exact) mass is 391 g/mol. The molecule has 0 atom stereocenters. The molecule has 0 spiro atoms. The van der Waals surface area contributed by atoms with Crippen LogP contribution in [0.3, 0.4) is 0 Å². The minimum Gasteiger partial charge on any atom is -0.423 e. The smallest absolute Gasteiger partial charge is 0.298 e. The van der Waals surface area contributed by atoms with Gasteiger partial charge in [-0.3, -0.25) is 0 Å². The Kier molecular flexibility index (Phi) is 4.33. The van der Waals surface area contributed by atoms with Gasteiger partial charge in [0.25, 0.3) is 6.01 Å². The van der Waals surface area contributed by atoms with E-state index >= 15 is 0 Å². The molecule has 4 aromatic rings. The second-order valence-corrected chi connectivity index (χ2v) is 7.15. The van der Waals surface area contributed by atoms with E-state index in [-0.39, 0.29) is 0 Å². The second-order valence-electron chi connectivity index (χ2n) is 6.71. The van der Waals surface area contributed by atoms with E-state index in [0.717, 1.165) is 54.4 Å². The van der Waals surface area contributed by atoms with Crippen LogP contribution < -0.4 is 9.80 Å². The number of aromatic nitrogens is 3. The maximum absolute atomic E-state index is 6.04. The minimum atomic E-state index is 0.643. The third-order valence-electron chi connectivity index (χ3n) is 4.93. The van der Waals surface area contributed by atoms with Gasteiger partial charge >= 0.3 is 0 Å². The Morgan fingerprint density at radius 2 is 1.64 bits per heavy atom. The first-order valence-electron chi connectivity index (χ1n) is 9.20. The molecule has 0 saturated carbocycles. The fraction of sp³-hybridized carbons (Fsp3) is 0.190. The third-order valence-corrected chi connectivity index (χ3v) is 5.17. The molecule has 0 N–H and O–H groups in total. The van der Waals surface area contributed by atoms with Crippen LogP contribution in [-0.2, 0) is 0 Å². The summed E-state index contributed by atoms with van der Waals surface area (Å²) in [6.07, 6.45) is 1.63. The molecule has 1 aliphatic rings. The van der Waals surface area contributed by atoms with Crippen LogP contribution in [0.5, 0.6) is 0 Å². The minimum absolute atomic E-state index is 0.643. The van der Waals surface area contributed by atoms with Gasteiger partial charge in [0.15, 0.2) is 5.58 Å². The summed E-state index contributed by atoms with van der Waals surface area (Å²) in [5.41, 5.74) is 3.57. The molecule has 1 saturated heterocycles. The molecule has 3 heterocycles. The second kappa shape index (κ2) is 7.13. The van der Waals surface area contributed by atoms with E-state index in [1.54, 1.807) is 6.33 Å². The van der Waals surface area contributed by atoms with Gasteiger partial charge in [0, 0.05) is 42.8 Å². The largest absolute Gasteiger partial charge is 0.423 e. The first-order chi connectivity index (χ1) is 13.8. The van der Waals surface area contributed by atoms with Crippen LogP contribution in [0.4, 0.5) is 11.8 Å². The van der Waals surface area contributed by atoms with E-state index in [4.69, 9.17) is 16.0 Å². The zero-order valence-corrected chi connectivity index (χ0v) is 15.9. The van der Waals surface area contributed by atoms with E-state index in [0.29, 0.717) is 11.0 Å². The van der Waals surface area contributed by atoms with Gasteiger partial charge in [0.05, 0.1) is 5.69 Å². The quantitative estimate of drug-likeness (QED) is 0.520. The summed E-state index contributed by atoms with van der Waals surface area (Å²) in [6.45, 7) is 3.30. The molecule has 5 rings (SSSR count). The van der Waals surface area contributed by atoms with Crippen LogP contribution in [0.15, 0.2) is 65.3 Å². The van der Waals surface area contributed by atoms with Crippen molar-refractivity contribution in [2.45, 2.75) is 0 Å². The van der Waals surface area contributed by atoms with Gasteiger partial charge in [-0.1, -0.05) is 41.9 Å². The first-order valence-corrected chi connectivity index (χ1v) is 9.57. The Morgan fingerprint density at radius 1 is 0.857 bits per heavy atom.